The first-order chi connectivity index (χ1) is 16.3. The summed E-state index contributed by atoms with van der Waals surface area (Å²) in [7, 11) is 2.12. The molecule has 156 valence electrons. The van der Waals surface area contributed by atoms with Gasteiger partial charge in [0, 0.05) is 41.1 Å². The van der Waals surface area contributed by atoms with Gasteiger partial charge in [-0.15, -0.1) is 0 Å². The molecule has 7 aromatic rings. The van der Waals surface area contributed by atoms with E-state index in [4.69, 9.17) is 4.98 Å². The maximum absolute atomic E-state index is 5.17. The molecule has 0 radical (unpaired) electrons. The highest BCUT2D eigenvalue weighted by Gasteiger charge is 2.22. The number of aromatic nitrogens is 5. The van der Waals surface area contributed by atoms with Gasteiger partial charge in [-0.05, 0) is 35.9 Å². The van der Waals surface area contributed by atoms with Crippen LogP contribution in [-0.2, 0) is 7.05 Å². The highest BCUT2D eigenvalue weighted by Crippen LogP contribution is 2.41. The zero-order chi connectivity index (χ0) is 21.9. The number of nitrogens with zero attached hydrogens (tertiary/aromatic N) is 4. The number of imidazole rings is 1. The average Bonchev–Trinajstić information content (AvgIpc) is 3.45. The summed E-state index contributed by atoms with van der Waals surface area (Å²) in [5, 5.41) is 3.20. The molecule has 0 aliphatic carbocycles. The molecule has 5 nitrogen and oxygen atoms in total. The van der Waals surface area contributed by atoms with Crippen molar-refractivity contribution in [2.45, 2.75) is 0 Å². The van der Waals surface area contributed by atoms with Gasteiger partial charge >= 0.3 is 0 Å². The molecule has 0 amide bonds. The van der Waals surface area contributed by atoms with Gasteiger partial charge < -0.3 is 9.55 Å². The summed E-state index contributed by atoms with van der Waals surface area (Å²) in [5.41, 5.74) is 8.23. The number of H-pyrrole nitrogens is 1. The quantitative estimate of drug-likeness (QED) is 0.322. The van der Waals surface area contributed by atoms with Gasteiger partial charge in [-0.3, -0.25) is 9.97 Å². The minimum absolute atomic E-state index is 0.849. The van der Waals surface area contributed by atoms with E-state index in [-0.39, 0.29) is 0 Å². The van der Waals surface area contributed by atoms with Gasteiger partial charge in [0.2, 0.25) is 0 Å². The summed E-state index contributed by atoms with van der Waals surface area (Å²) in [6.07, 6.45) is 3.63. The molecular formula is C28H19N5. The monoisotopic (exact) mass is 425 g/mol. The van der Waals surface area contributed by atoms with Crippen LogP contribution in [0.4, 0.5) is 0 Å². The Balaban J connectivity index is 1.65. The van der Waals surface area contributed by atoms with E-state index in [0.717, 1.165) is 55.5 Å². The molecule has 7 rings (SSSR count). The Kier molecular flexibility index (Phi) is 3.70. The molecule has 0 saturated carbocycles. The highest BCUT2D eigenvalue weighted by molar-refractivity contribution is 6.21. The molecule has 0 bridgehead atoms. The second kappa shape index (κ2) is 6.74. The van der Waals surface area contributed by atoms with Gasteiger partial charge in [0.05, 0.1) is 33.3 Å². The number of hydrogen-bond donors (Lipinski definition) is 1. The molecule has 1 N–H and O–H groups in total. The van der Waals surface area contributed by atoms with Gasteiger partial charge in [-0.2, -0.15) is 0 Å². The summed E-state index contributed by atoms with van der Waals surface area (Å²) in [5.74, 6) is 0.849. The molecule has 0 aliphatic heterocycles. The van der Waals surface area contributed by atoms with Crippen molar-refractivity contribution >= 4 is 43.7 Å². The number of rotatable bonds is 2. The van der Waals surface area contributed by atoms with Crippen molar-refractivity contribution in [1.82, 2.24) is 24.5 Å². The van der Waals surface area contributed by atoms with E-state index in [1.165, 1.54) is 10.9 Å². The lowest BCUT2D eigenvalue weighted by molar-refractivity contribution is 0.978. The van der Waals surface area contributed by atoms with Gasteiger partial charge in [-0.1, -0.05) is 48.5 Å². The minimum atomic E-state index is 0.849. The standard InChI is InChI=1S/C28H19N5/c1-33-21-14-6-5-11-18(21)22(27(33)17-9-3-2-4-10-17)28-31-25-19-12-7-15-29-23(19)24-20(26(25)32-28)13-8-16-30-24/h2-16H,1H3,(H,31,32). The normalized spacial score (nSPS) is 11.8. The first-order valence-electron chi connectivity index (χ1n) is 11.0. The van der Waals surface area contributed by atoms with Crippen LogP contribution in [0.1, 0.15) is 0 Å². The van der Waals surface area contributed by atoms with Crippen LogP contribution in [0.25, 0.3) is 66.4 Å². The zero-order valence-electron chi connectivity index (χ0n) is 17.9. The van der Waals surface area contributed by atoms with Gasteiger partial charge in [0.1, 0.15) is 5.82 Å². The Bertz CT molecular complexity index is 1750. The van der Waals surface area contributed by atoms with Crippen LogP contribution in [0.15, 0.2) is 91.3 Å². The Morgan fingerprint density at radius 1 is 0.667 bits per heavy atom. The Morgan fingerprint density at radius 3 is 2.15 bits per heavy atom. The second-order valence-electron chi connectivity index (χ2n) is 8.27. The number of hydrogen-bond acceptors (Lipinski definition) is 3. The molecule has 0 fully saturated rings. The van der Waals surface area contributed by atoms with Crippen molar-refractivity contribution in [1.29, 1.82) is 0 Å². The van der Waals surface area contributed by atoms with Gasteiger partial charge in [0.25, 0.3) is 0 Å². The largest absolute Gasteiger partial charge is 0.343 e. The van der Waals surface area contributed by atoms with Crippen molar-refractivity contribution < 1.29 is 0 Å². The SMILES string of the molecule is Cn1c(-c2ccccc2)c(-c2nc3c4cccnc4c4ncccc4c3[nH]2)c2ccccc21. The van der Waals surface area contributed by atoms with Crippen LogP contribution in [0.3, 0.4) is 0 Å². The van der Waals surface area contributed by atoms with Gasteiger partial charge in [0.15, 0.2) is 0 Å². The Labute approximate surface area is 189 Å². The first-order valence-corrected chi connectivity index (χ1v) is 11.0. The van der Waals surface area contributed by atoms with E-state index in [0.29, 0.717) is 0 Å². The lowest BCUT2D eigenvalue weighted by atomic mass is 10.0. The maximum atomic E-state index is 5.17. The third-order valence-corrected chi connectivity index (χ3v) is 6.46. The number of benzene rings is 3. The fourth-order valence-corrected chi connectivity index (χ4v) is 5.03. The Hall–Kier alpha value is -4.51. The summed E-state index contributed by atoms with van der Waals surface area (Å²) in [6, 6.07) is 27.1. The number of aromatic amines is 1. The van der Waals surface area contributed by atoms with E-state index in [9.17, 15) is 0 Å². The third-order valence-electron chi connectivity index (χ3n) is 6.46. The van der Waals surface area contributed by atoms with Crippen molar-refractivity contribution in [2.24, 2.45) is 7.05 Å². The average molecular weight is 425 g/mol. The maximum Gasteiger partial charge on any atom is 0.141 e. The molecule has 0 aliphatic rings. The van der Waals surface area contributed by atoms with Crippen LogP contribution in [0.5, 0.6) is 0 Å². The number of para-hydroxylation sites is 1. The van der Waals surface area contributed by atoms with E-state index < -0.39 is 0 Å². The first kappa shape index (κ1) is 18.1. The summed E-state index contributed by atoms with van der Waals surface area (Å²) in [4.78, 5) is 18.1. The minimum Gasteiger partial charge on any atom is -0.343 e. The lowest BCUT2D eigenvalue weighted by Gasteiger charge is -2.07. The predicted molar refractivity (Wildman–Crippen MR) is 134 cm³/mol. The molecular weight excluding hydrogens is 406 g/mol. The molecule has 0 saturated heterocycles. The van der Waals surface area contributed by atoms with E-state index in [1.54, 1.807) is 0 Å². The fourth-order valence-electron chi connectivity index (χ4n) is 5.03. The van der Waals surface area contributed by atoms with Crippen molar-refractivity contribution in [3.8, 4) is 22.6 Å². The third kappa shape index (κ3) is 2.50. The number of pyridine rings is 2. The van der Waals surface area contributed by atoms with Crippen LogP contribution < -0.4 is 0 Å². The summed E-state index contributed by atoms with van der Waals surface area (Å²) < 4.78 is 2.26. The molecule has 4 heterocycles. The Morgan fingerprint density at radius 2 is 1.33 bits per heavy atom. The highest BCUT2D eigenvalue weighted by atomic mass is 15.0. The van der Waals surface area contributed by atoms with Crippen LogP contribution in [-0.4, -0.2) is 24.5 Å². The van der Waals surface area contributed by atoms with Crippen LogP contribution in [0.2, 0.25) is 0 Å². The number of aryl methyl sites for hydroxylation is 1. The van der Waals surface area contributed by atoms with Crippen molar-refractivity contribution in [3.05, 3.63) is 91.3 Å². The molecule has 0 atom stereocenters. The summed E-state index contributed by atoms with van der Waals surface area (Å²) in [6.45, 7) is 0. The molecule has 4 aromatic heterocycles. The van der Waals surface area contributed by atoms with Crippen LogP contribution in [0, 0.1) is 0 Å². The molecule has 5 heteroatoms. The van der Waals surface area contributed by atoms with Crippen LogP contribution >= 0.6 is 0 Å². The van der Waals surface area contributed by atoms with E-state index >= 15 is 0 Å². The van der Waals surface area contributed by atoms with Crippen molar-refractivity contribution in [2.75, 3.05) is 0 Å². The molecule has 0 unspecified atom stereocenters. The topological polar surface area (TPSA) is 59.4 Å². The second-order valence-corrected chi connectivity index (χ2v) is 8.27. The fraction of sp³-hybridized carbons (Fsp3) is 0.0357. The van der Waals surface area contributed by atoms with E-state index in [1.807, 2.05) is 30.6 Å². The number of fused-ring (bicyclic) bond motifs is 7. The van der Waals surface area contributed by atoms with Gasteiger partial charge in [-0.25, -0.2) is 4.98 Å². The zero-order valence-corrected chi connectivity index (χ0v) is 17.9. The van der Waals surface area contributed by atoms with E-state index in [2.05, 4.69) is 87.2 Å². The summed E-state index contributed by atoms with van der Waals surface area (Å²) >= 11 is 0. The van der Waals surface area contributed by atoms with Crippen molar-refractivity contribution in [3.63, 3.8) is 0 Å². The lowest BCUT2D eigenvalue weighted by Crippen LogP contribution is -1.93. The smallest absolute Gasteiger partial charge is 0.141 e. The number of nitrogens with one attached hydrogen (secondary N) is 1. The molecule has 33 heavy (non-hydrogen) atoms. The molecule has 3 aromatic carbocycles. The predicted octanol–water partition coefficient (Wildman–Crippen LogP) is 6.49. The molecule has 0 spiro atoms.